The highest BCUT2D eigenvalue weighted by Gasteiger charge is 2.15. The summed E-state index contributed by atoms with van der Waals surface area (Å²) in [6.45, 7) is 2.26. The molecule has 114 valence electrons. The van der Waals surface area contributed by atoms with Crippen molar-refractivity contribution in [3.05, 3.63) is 59.8 Å². The molecule has 3 aromatic heterocycles. The molecule has 23 heavy (non-hydrogen) atoms. The Morgan fingerprint density at radius 2 is 2.13 bits per heavy atom. The Morgan fingerprint density at radius 3 is 3.00 bits per heavy atom. The van der Waals surface area contributed by atoms with E-state index >= 15 is 0 Å². The van der Waals surface area contributed by atoms with Crippen LogP contribution in [0.1, 0.15) is 22.0 Å². The Hall–Kier alpha value is -3.22. The molecule has 0 aliphatic heterocycles. The van der Waals surface area contributed by atoms with Crippen molar-refractivity contribution >= 4 is 22.6 Å². The highest BCUT2D eigenvalue weighted by molar-refractivity contribution is 5.91. The lowest BCUT2D eigenvalue weighted by atomic mass is 10.2. The number of rotatable bonds is 3. The van der Waals surface area contributed by atoms with Crippen molar-refractivity contribution in [3.63, 3.8) is 0 Å². The predicted molar refractivity (Wildman–Crippen MR) is 85.0 cm³/mol. The van der Waals surface area contributed by atoms with Crippen LogP contribution in [0.4, 0.5) is 0 Å². The minimum absolute atomic E-state index is 0.226. The van der Waals surface area contributed by atoms with Crippen molar-refractivity contribution in [3.8, 4) is 0 Å². The number of aromatic amines is 1. The van der Waals surface area contributed by atoms with Gasteiger partial charge in [0.2, 0.25) is 5.82 Å². The van der Waals surface area contributed by atoms with Gasteiger partial charge in [0.15, 0.2) is 0 Å². The number of nitrogens with zero attached hydrogens (tertiary/aromatic N) is 4. The number of hydrogen-bond donors (Lipinski definition) is 2. The molecule has 0 unspecified atom stereocenters. The molecule has 4 rings (SSSR count). The number of fused-ring (bicyclic) bond motifs is 2. The topological polar surface area (TPSA) is 88.0 Å². The van der Waals surface area contributed by atoms with Crippen LogP contribution in [0, 0.1) is 6.92 Å². The lowest BCUT2D eigenvalue weighted by Gasteiger charge is -2.02. The standard InChI is InChI=1S/C16H14N6O/c1-10-6-7-22-14(20-21-16(22)18-10)15(23)17-9-12-8-11-4-2-3-5-13(11)19-12/h2-8,19H,9H2,1H3,(H,17,23). The summed E-state index contributed by atoms with van der Waals surface area (Å²) in [4.78, 5) is 19.8. The Kier molecular flexibility index (Phi) is 3.04. The lowest BCUT2D eigenvalue weighted by molar-refractivity contribution is 0.0939. The van der Waals surface area contributed by atoms with Crippen molar-refractivity contribution < 1.29 is 4.79 Å². The third-order valence-electron chi connectivity index (χ3n) is 3.65. The first-order chi connectivity index (χ1) is 11.2. The van der Waals surface area contributed by atoms with E-state index in [1.807, 2.05) is 43.3 Å². The summed E-state index contributed by atoms with van der Waals surface area (Å²) in [6, 6.07) is 11.8. The fraction of sp³-hybridized carbons (Fsp3) is 0.125. The van der Waals surface area contributed by atoms with Crippen LogP contribution in [0.2, 0.25) is 0 Å². The smallest absolute Gasteiger partial charge is 0.289 e. The number of aryl methyl sites for hydroxylation is 1. The molecule has 0 fully saturated rings. The Bertz CT molecular complexity index is 983. The van der Waals surface area contributed by atoms with Crippen molar-refractivity contribution in [2.45, 2.75) is 13.5 Å². The molecule has 1 aromatic carbocycles. The number of para-hydroxylation sites is 1. The summed E-state index contributed by atoms with van der Waals surface area (Å²) >= 11 is 0. The highest BCUT2D eigenvalue weighted by atomic mass is 16.2. The first kappa shape index (κ1) is 13.4. The van der Waals surface area contributed by atoms with Gasteiger partial charge in [0.25, 0.3) is 11.7 Å². The second-order valence-corrected chi connectivity index (χ2v) is 5.33. The van der Waals surface area contributed by atoms with Crippen molar-refractivity contribution in [1.82, 2.24) is 29.9 Å². The first-order valence-corrected chi connectivity index (χ1v) is 7.24. The van der Waals surface area contributed by atoms with Crippen LogP contribution in [0.5, 0.6) is 0 Å². The van der Waals surface area contributed by atoms with E-state index in [4.69, 9.17) is 0 Å². The largest absolute Gasteiger partial charge is 0.357 e. The molecule has 7 heteroatoms. The number of carbonyl (C=O) groups excluding carboxylic acids is 1. The Labute approximate surface area is 131 Å². The van der Waals surface area contributed by atoms with Gasteiger partial charge in [-0.1, -0.05) is 18.2 Å². The third kappa shape index (κ3) is 2.42. The lowest BCUT2D eigenvalue weighted by Crippen LogP contribution is -2.25. The molecule has 0 radical (unpaired) electrons. The van der Waals surface area contributed by atoms with Gasteiger partial charge in [0.05, 0.1) is 6.54 Å². The van der Waals surface area contributed by atoms with Crippen LogP contribution < -0.4 is 5.32 Å². The molecule has 4 aromatic rings. The monoisotopic (exact) mass is 306 g/mol. The van der Waals surface area contributed by atoms with Crippen LogP contribution in [0.3, 0.4) is 0 Å². The number of H-pyrrole nitrogens is 1. The van der Waals surface area contributed by atoms with E-state index in [-0.39, 0.29) is 11.7 Å². The molecule has 3 heterocycles. The SMILES string of the molecule is Cc1ccn2c(C(=O)NCc3cc4ccccc4[nH]3)nnc2n1. The molecule has 0 atom stereocenters. The fourth-order valence-corrected chi connectivity index (χ4v) is 2.51. The normalized spacial score (nSPS) is 11.2. The number of nitrogens with one attached hydrogen (secondary N) is 2. The van der Waals surface area contributed by atoms with Crippen LogP contribution in [-0.4, -0.2) is 30.5 Å². The molecule has 0 aliphatic rings. The average Bonchev–Trinajstić information content (AvgIpc) is 3.15. The summed E-state index contributed by atoms with van der Waals surface area (Å²) in [5.41, 5.74) is 2.81. The second-order valence-electron chi connectivity index (χ2n) is 5.33. The van der Waals surface area contributed by atoms with Gasteiger partial charge in [0.1, 0.15) is 0 Å². The van der Waals surface area contributed by atoms with Gasteiger partial charge in [0, 0.05) is 23.1 Å². The number of aromatic nitrogens is 5. The predicted octanol–water partition coefficient (Wildman–Crippen LogP) is 1.84. The molecule has 0 saturated heterocycles. The summed E-state index contributed by atoms with van der Waals surface area (Å²) in [5, 5.41) is 11.8. The minimum atomic E-state index is -0.290. The van der Waals surface area contributed by atoms with E-state index in [0.29, 0.717) is 12.3 Å². The van der Waals surface area contributed by atoms with Crippen molar-refractivity contribution in [2.75, 3.05) is 0 Å². The van der Waals surface area contributed by atoms with E-state index in [0.717, 1.165) is 22.3 Å². The zero-order chi connectivity index (χ0) is 15.8. The quantitative estimate of drug-likeness (QED) is 0.604. The molecule has 0 spiro atoms. The molecule has 1 amide bonds. The highest BCUT2D eigenvalue weighted by Crippen LogP contribution is 2.14. The van der Waals surface area contributed by atoms with E-state index in [2.05, 4.69) is 25.5 Å². The van der Waals surface area contributed by atoms with Crippen molar-refractivity contribution in [1.29, 1.82) is 0 Å². The van der Waals surface area contributed by atoms with Gasteiger partial charge in [-0.05, 0) is 30.5 Å². The van der Waals surface area contributed by atoms with Gasteiger partial charge in [-0.25, -0.2) is 4.98 Å². The molecule has 0 bridgehead atoms. The van der Waals surface area contributed by atoms with E-state index in [1.54, 1.807) is 10.6 Å². The van der Waals surface area contributed by atoms with Crippen molar-refractivity contribution in [2.24, 2.45) is 0 Å². The maximum absolute atomic E-state index is 12.3. The average molecular weight is 306 g/mol. The first-order valence-electron chi connectivity index (χ1n) is 7.24. The van der Waals surface area contributed by atoms with E-state index < -0.39 is 0 Å². The summed E-state index contributed by atoms with van der Waals surface area (Å²) in [6.07, 6.45) is 1.75. The van der Waals surface area contributed by atoms with E-state index in [9.17, 15) is 4.79 Å². The van der Waals surface area contributed by atoms with Crippen LogP contribution in [0.15, 0.2) is 42.6 Å². The third-order valence-corrected chi connectivity index (χ3v) is 3.65. The molecule has 0 aliphatic carbocycles. The minimum Gasteiger partial charge on any atom is -0.357 e. The summed E-state index contributed by atoms with van der Waals surface area (Å²) in [5.74, 6) is 0.353. The van der Waals surface area contributed by atoms with Gasteiger partial charge >= 0.3 is 0 Å². The summed E-state index contributed by atoms with van der Waals surface area (Å²) in [7, 11) is 0. The Morgan fingerprint density at radius 1 is 1.26 bits per heavy atom. The van der Waals surface area contributed by atoms with Crippen LogP contribution in [-0.2, 0) is 6.54 Å². The number of benzene rings is 1. The van der Waals surface area contributed by atoms with Crippen LogP contribution in [0.25, 0.3) is 16.7 Å². The zero-order valence-corrected chi connectivity index (χ0v) is 12.4. The van der Waals surface area contributed by atoms with Crippen LogP contribution >= 0.6 is 0 Å². The summed E-state index contributed by atoms with van der Waals surface area (Å²) < 4.78 is 1.58. The Balaban J connectivity index is 1.54. The molecular formula is C16H14N6O. The van der Waals surface area contributed by atoms with Gasteiger partial charge in [-0.15, -0.1) is 10.2 Å². The van der Waals surface area contributed by atoms with Gasteiger partial charge < -0.3 is 10.3 Å². The number of amides is 1. The molecule has 0 saturated carbocycles. The van der Waals surface area contributed by atoms with Gasteiger partial charge in [-0.3, -0.25) is 9.20 Å². The second kappa shape index (κ2) is 5.20. The zero-order valence-electron chi connectivity index (χ0n) is 12.4. The molecule has 2 N–H and O–H groups in total. The fourth-order valence-electron chi connectivity index (χ4n) is 2.51. The maximum atomic E-state index is 12.3. The number of hydrogen-bond acceptors (Lipinski definition) is 4. The van der Waals surface area contributed by atoms with Gasteiger partial charge in [-0.2, -0.15) is 0 Å². The molecular weight excluding hydrogens is 292 g/mol. The number of carbonyl (C=O) groups is 1. The maximum Gasteiger partial charge on any atom is 0.289 e. The van der Waals surface area contributed by atoms with E-state index in [1.165, 1.54) is 0 Å². The molecule has 7 nitrogen and oxygen atoms in total.